The molecule has 0 saturated heterocycles. The van der Waals surface area contributed by atoms with Crippen molar-refractivity contribution in [3.63, 3.8) is 0 Å². The number of unbranched alkanes of at least 4 members (excludes halogenated alkanes) is 3. The van der Waals surface area contributed by atoms with E-state index in [0.717, 1.165) is 31.4 Å². The molecule has 0 radical (unpaired) electrons. The molecule has 198 valence electrons. The third-order valence-electron chi connectivity index (χ3n) is 8.40. The highest BCUT2D eigenvalue weighted by atomic mass is 16.5. The van der Waals surface area contributed by atoms with Crippen molar-refractivity contribution >= 4 is 0 Å². The first kappa shape index (κ1) is 28.5. The Labute approximate surface area is 221 Å². The van der Waals surface area contributed by atoms with Gasteiger partial charge in [-0.05, 0) is 85.0 Å². The van der Waals surface area contributed by atoms with Crippen LogP contribution in [0.4, 0.5) is 0 Å². The molecule has 3 rings (SSSR count). The molecule has 2 aromatic rings. The smallest absolute Gasteiger partial charge is 0.123 e. The molecule has 1 N–H and O–H groups in total. The Morgan fingerprint density at radius 3 is 2.50 bits per heavy atom. The Morgan fingerprint density at radius 2 is 1.81 bits per heavy atom. The molecule has 2 nitrogen and oxygen atoms in total. The van der Waals surface area contributed by atoms with Crippen LogP contribution in [0.2, 0.25) is 0 Å². The number of aliphatic hydroxyl groups is 1. The average molecular weight is 491 g/mol. The molecule has 0 aromatic heterocycles. The molecular formula is C34H50O2. The maximum Gasteiger partial charge on any atom is 0.123 e. The van der Waals surface area contributed by atoms with Gasteiger partial charge in [0.25, 0.3) is 0 Å². The van der Waals surface area contributed by atoms with Crippen LogP contribution in [0.3, 0.4) is 0 Å². The van der Waals surface area contributed by atoms with E-state index in [0.29, 0.717) is 18.4 Å². The van der Waals surface area contributed by atoms with Crippen LogP contribution in [0.5, 0.6) is 5.75 Å². The van der Waals surface area contributed by atoms with Crippen LogP contribution >= 0.6 is 0 Å². The van der Waals surface area contributed by atoms with Crippen LogP contribution in [0, 0.1) is 11.8 Å². The fraction of sp³-hybridized carbons (Fsp3) is 0.588. The number of aliphatic hydroxyl groups excluding tert-OH is 1. The molecule has 1 fully saturated rings. The van der Waals surface area contributed by atoms with Crippen molar-refractivity contribution in [1.82, 2.24) is 0 Å². The number of hydrogen-bond donors (Lipinski definition) is 1. The van der Waals surface area contributed by atoms with E-state index in [-0.39, 0.29) is 17.4 Å². The lowest BCUT2D eigenvalue weighted by Crippen LogP contribution is -2.22. The van der Waals surface area contributed by atoms with Gasteiger partial charge in [-0.15, -0.1) is 6.58 Å². The molecule has 4 atom stereocenters. The van der Waals surface area contributed by atoms with Crippen LogP contribution < -0.4 is 4.74 Å². The number of ether oxygens (including phenoxy) is 1. The third-order valence-corrected chi connectivity index (χ3v) is 8.40. The summed E-state index contributed by atoms with van der Waals surface area (Å²) in [5, 5.41) is 10.9. The summed E-state index contributed by atoms with van der Waals surface area (Å²) in [4.78, 5) is 0. The third kappa shape index (κ3) is 7.97. The van der Waals surface area contributed by atoms with Crippen molar-refractivity contribution in [3.05, 3.63) is 77.4 Å². The summed E-state index contributed by atoms with van der Waals surface area (Å²) >= 11 is 0. The molecule has 2 aromatic carbocycles. The standard InChI is InChI=1S/C34H50O2/c1-7-8-9-13-20-34(5,6)28-17-19-30(33(22-28)36-24-27-14-11-10-12-15-27)32-23-29(35)18-16-26(4)31(32)21-25(2)3/h10-12,14-15,17,19,22,26,29,31-32,35H,2,7-9,13,16,18,20-21,23-24H2,1,3-6H3/t26-,29-,31-,32+/m1/s1. The molecule has 0 heterocycles. The van der Waals surface area contributed by atoms with Gasteiger partial charge in [-0.25, -0.2) is 0 Å². The van der Waals surface area contributed by atoms with Crippen LogP contribution in [0.15, 0.2) is 60.7 Å². The van der Waals surface area contributed by atoms with Crippen molar-refractivity contribution in [2.24, 2.45) is 11.8 Å². The normalized spacial score (nSPS) is 22.7. The first-order valence-corrected chi connectivity index (χ1v) is 14.3. The second kappa shape index (κ2) is 13.5. The lowest BCUT2D eigenvalue weighted by Gasteiger charge is -2.33. The molecule has 36 heavy (non-hydrogen) atoms. The van der Waals surface area contributed by atoms with Crippen LogP contribution in [0.25, 0.3) is 0 Å². The van der Waals surface area contributed by atoms with E-state index < -0.39 is 0 Å². The van der Waals surface area contributed by atoms with Gasteiger partial charge in [-0.1, -0.05) is 101 Å². The molecule has 0 spiro atoms. The zero-order chi connectivity index (χ0) is 26.1. The molecule has 1 aliphatic rings. The van der Waals surface area contributed by atoms with Crippen molar-refractivity contribution in [1.29, 1.82) is 0 Å². The summed E-state index contributed by atoms with van der Waals surface area (Å²) < 4.78 is 6.62. The molecule has 1 aliphatic carbocycles. The summed E-state index contributed by atoms with van der Waals surface area (Å²) in [5.41, 5.74) is 5.12. The zero-order valence-corrected chi connectivity index (χ0v) is 23.6. The average Bonchev–Trinajstić information content (AvgIpc) is 2.99. The van der Waals surface area contributed by atoms with Crippen molar-refractivity contribution in [3.8, 4) is 5.75 Å². The van der Waals surface area contributed by atoms with Crippen LogP contribution in [0.1, 0.15) is 115 Å². The van der Waals surface area contributed by atoms with E-state index in [1.165, 1.54) is 54.4 Å². The van der Waals surface area contributed by atoms with E-state index in [9.17, 15) is 5.11 Å². The topological polar surface area (TPSA) is 29.5 Å². The van der Waals surface area contributed by atoms with E-state index in [4.69, 9.17) is 4.74 Å². The van der Waals surface area contributed by atoms with Crippen molar-refractivity contribution in [2.45, 2.75) is 116 Å². The second-order valence-electron chi connectivity index (χ2n) is 12.1. The predicted octanol–water partition coefficient (Wildman–Crippen LogP) is 9.36. The summed E-state index contributed by atoms with van der Waals surface area (Å²) in [6.07, 6.45) is 9.81. The van der Waals surface area contributed by atoms with E-state index in [1.54, 1.807) is 0 Å². The fourth-order valence-electron chi connectivity index (χ4n) is 6.02. The molecule has 0 bridgehead atoms. The summed E-state index contributed by atoms with van der Waals surface area (Å²) in [6.45, 7) is 16.3. The molecule has 0 aliphatic heterocycles. The number of rotatable bonds is 12. The monoisotopic (exact) mass is 490 g/mol. The Bertz CT molecular complexity index is 945. The van der Waals surface area contributed by atoms with Gasteiger partial charge in [-0.2, -0.15) is 0 Å². The maximum atomic E-state index is 10.9. The number of allylic oxidation sites excluding steroid dienone is 1. The second-order valence-corrected chi connectivity index (χ2v) is 12.1. The lowest BCUT2D eigenvalue weighted by molar-refractivity contribution is 0.147. The zero-order valence-electron chi connectivity index (χ0n) is 23.6. The van der Waals surface area contributed by atoms with Gasteiger partial charge in [0.2, 0.25) is 0 Å². The summed E-state index contributed by atoms with van der Waals surface area (Å²) in [6, 6.07) is 17.4. The minimum atomic E-state index is -0.260. The number of benzene rings is 2. The first-order valence-electron chi connectivity index (χ1n) is 14.3. The Balaban J connectivity index is 1.97. The van der Waals surface area contributed by atoms with Crippen LogP contribution in [-0.2, 0) is 12.0 Å². The maximum absolute atomic E-state index is 10.9. The number of hydrogen-bond acceptors (Lipinski definition) is 2. The van der Waals surface area contributed by atoms with Gasteiger partial charge in [-0.3, -0.25) is 0 Å². The highest BCUT2D eigenvalue weighted by Crippen LogP contribution is 2.46. The highest BCUT2D eigenvalue weighted by Gasteiger charge is 2.35. The Hall–Kier alpha value is -2.06. The van der Waals surface area contributed by atoms with Gasteiger partial charge in [0.15, 0.2) is 0 Å². The van der Waals surface area contributed by atoms with Gasteiger partial charge in [0, 0.05) is 0 Å². The van der Waals surface area contributed by atoms with Crippen molar-refractivity contribution in [2.75, 3.05) is 0 Å². The minimum absolute atomic E-state index is 0.102. The van der Waals surface area contributed by atoms with E-state index in [1.807, 2.05) is 6.07 Å². The van der Waals surface area contributed by atoms with Crippen molar-refractivity contribution < 1.29 is 9.84 Å². The summed E-state index contributed by atoms with van der Waals surface area (Å²) in [7, 11) is 0. The van der Waals surface area contributed by atoms with Gasteiger partial charge in [0.05, 0.1) is 6.10 Å². The van der Waals surface area contributed by atoms with Gasteiger partial charge < -0.3 is 9.84 Å². The molecular weight excluding hydrogens is 440 g/mol. The molecule has 2 heteroatoms. The Kier molecular flexibility index (Phi) is 10.7. The van der Waals surface area contributed by atoms with E-state index >= 15 is 0 Å². The van der Waals surface area contributed by atoms with Gasteiger partial charge in [0.1, 0.15) is 12.4 Å². The Morgan fingerprint density at radius 1 is 1.06 bits per heavy atom. The van der Waals surface area contributed by atoms with Crippen LogP contribution in [-0.4, -0.2) is 11.2 Å². The predicted molar refractivity (Wildman–Crippen MR) is 154 cm³/mol. The summed E-state index contributed by atoms with van der Waals surface area (Å²) in [5.74, 6) is 2.27. The molecule has 1 saturated carbocycles. The lowest BCUT2D eigenvalue weighted by atomic mass is 9.73. The molecule has 0 unspecified atom stereocenters. The van der Waals surface area contributed by atoms with Gasteiger partial charge >= 0.3 is 0 Å². The fourth-order valence-corrected chi connectivity index (χ4v) is 6.02. The SMILES string of the molecule is C=C(C)C[C@@H]1[C@H](C)CC[C@@H](O)C[C@H]1c1ccc(C(C)(C)CCCCCC)cc1OCc1ccccc1. The molecule has 0 amide bonds. The minimum Gasteiger partial charge on any atom is -0.489 e. The quantitative estimate of drug-likeness (QED) is 0.182. The highest BCUT2D eigenvalue weighted by molar-refractivity contribution is 5.43. The first-order chi connectivity index (χ1) is 17.2. The van der Waals surface area contributed by atoms with E-state index in [2.05, 4.69) is 83.7 Å². The largest absolute Gasteiger partial charge is 0.489 e.